The van der Waals surface area contributed by atoms with Gasteiger partial charge in [0.15, 0.2) is 0 Å². The Morgan fingerprint density at radius 3 is 1.56 bits per heavy atom. The summed E-state index contributed by atoms with van der Waals surface area (Å²) in [6, 6.07) is 0. The van der Waals surface area contributed by atoms with Crippen LogP contribution in [-0.2, 0) is 17.3 Å². The van der Waals surface area contributed by atoms with Gasteiger partial charge in [-0.3, -0.25) is 0 Å². The molecule has 2 heterocycles. The molecule has 0 aromatic heterocycles. The SMILES string of the molecule is CN1C=CN(CN2C=CN(C)[CH-]2)[CH-]1.[CH3-].[Cl][Ru+]. The van der Waals surface area contributed by atoms with Crippen molar-refractivity contribution in [1.29, 1.82) is 0 Å². The first-order chi connectivity index (χ1) is 7.24. The Hall–Kier alpha value is -0.407. The van der Waals surface area contributed by atoms with Crippen LogP contribution >= 0.6 is 9.69 Å². The number of nitrogens with zero attached hydrogens (tertiary/aromatic N) is 4. The van der Waals surface area contributed by atoms with Gasteiger partial charge in [-0.1, -0.05) is 0 Å². The van der Waals surface area contributed by atoms with E-state index in [0.29, 0.717) is 0 Å². The zero-order valence-electron chi connectivity index (χ0n) is 9.69. The van der Waals surface area contributed by atoms with E-state index >= 15 is 0 Å². The van der Waals surface area contributed by atoms with Gasteiger partial charge in [0.1, 0.15) is 0 Å². The molecule has 0 spiro atoms. The quantitative estimate of drug-likeness (QED) is 0.565. The molecule has 4 nitrogen and oxygen atoms in total. The van der Waals surface area contributed by atoms with Crippen molar-refractivity contribution in [2.24, 2.45) is 0 Å². The monoisotopic (exact) mass is 330 g/mol. The van der Waals surface area contributed by atoms with Crippen molar-refractivity contribution in [2.75, 3.05) is 20.8 Å². The Morgan fingerprint density at radius 2 is 1.31 bits per heavy atom. The summed E-state index contributed by atoms with van der Waals surface area (Å²) in [4.78, 5) is 8.31. The summed E-state index contributed by atoms with van der Waals surface area (Å²) in [6.07, 6.45) is 8.17. The molecule has 0 aromatic carbocycles. The Morgan fingerprint density at radius 1 is 0.938 bits per heavy atom. The van der Waals surface area contributed by atoms with Crippen LogP contribution in [0, 0.1) is 20.8 Å². The van der Waals surface area contributed by atoms with Gasteiger partial charge in [0.2, 0.25) is 0 Å². The van der Waals surface area contributed by atoms with Gasteiger partial charge < -0.3 is 27.0 Å². The average Bonchev–Trinajstić information content (AvgIpc) is 2.80. The Bertz CT molecular complexity index is 223. The second-order valence-corrected chi connectivity index (χ2v) is 3.33. The van der Waals surface area contributed by atoms with Crippen LogP contribution in [0.1, 0.15) is 0 Å². The molecule has 0 unspecified atom stereocenters. The first-order valence-electron chi connectivity index (χ1n) is 4.39. The summed E-state index contributed by atoms with van der Waals surface area (Å²) in [6.45, 7) is 4.97. The van der Waals surface area contributed by atoms with Crippen molar-refractivity contribution >= 4 is 9.69 Å². The van der Waals surface area contributed by atoms with Crippen molar-refractivity contribution in [3.63, 3.8) is 0 Å². The van der Waals surface area contributed by atoms with Crippen molar-refractivity contribution in [3.8, 4) is 0 Å². The predicted molar refractivity (Wildman–Crippen MR) is 63.2 cm³/mol. The third kappa shape index (κ3) is 4.62. The fraction of sp³-hybridized carbons (Fsp3) is 0.300. The summed E-state index contributed by atoms with van der Waals surface area (Å²) in [7, 11) is 8.61. The molecule has 0 amide bonds. The summed E-state index contributed by atoms with van der Waals surface area (Å²) >= 11 is 1.82. The van der Waals surface area contributed by atoms with Crippen LogP contribution in [0.25, 0.3) is 0 Å². The summed E-state index contributed by atoms with van der Waals surface area (Å²) in [5.41, 5.74) is 0. The first-order valence-corrected chi connectivity index (χ1v) is 6.63. The second kappa shape index (κ2) is 7.80. The zero-order chi connectivity index (χ0) is 11.3. The van der Waals surface area contributed by atoms with Crippen molar-refractivity contribution < 1.29 is 17.3 Å². The molecule has 2 rings (SSSR count). The number of hydrogen-bond acceptors (Lipinski definition) is 4. The zero-order valence-corrected chi connectivity index (χ0v) is 12.2. The fourth-order valence-corrected chi connectivity index (χ4v) is 1.36. The molecule has 0 radical (unpaired) electrons. The standard InChI is InChI=1S/C9H14N4.CH3.ClH.Ru/c1-10-3-5-12(7-10)9-13-6-4-11(2)8-13;;;/h3-8H,9H2,1-2H3;1H3;1H;/q-2;-1;;+2/p-1. The fourth-order valence-electron chi connectivity index (χ4n) is 1.36. The topological polar surface area (TPSA) is 13.0 Å². The van der Waals surface area contributed by atoms with Crippen LogP contribution < -0.4 is 0 Å². The molecule has 0 saturated carbocycles. The van der Waals surface area contributed by atoms with Gasteiger partial charge in [-0.05, 0) is 38.9 Å². The van der Waals surface area contributed by atoms with Gasteiger partial charge in [-0.2, -0.15) is 13.3 Å². The molecule has 2 aliphatic rings. The van der Waals surface area contributed by atoms with E-state index in [2.05, 4.69) is 45.2 Å². The van der Waals surface area contributed by atoms with Gasteiger partial charge in [0.25, 0.3) is 0 Å². The van der Waals surface area contributed by atoms with E-state index in [1.54, 1.807) is 0 Å². The molecule has 0 aliphatic carbocycles. The molecular weight excluding hydrogens is 313 g/mol. The molecule has 94 valence electrons. The van der Waals surface area contributed by atoms with Gasteiger partial charge in [-0.15, -0.1) is 0 Å². The van der Waals surface area contributed by atoms with Gasteiger partial charge in [0, 0.05) is 6.67 Å². The predicted octanol–water partition coefficient (Wildman–Crippen LogP) is 1.76. The average molecular weight is 330 g/mol. The van der Waals surface area contributed by atoms with Crippen LogP contribution in [0.15, 0.2) is 24.8 Å². The van der Waals surface area contributed by atoms with E-state index in [4.69, 9.17) is 0 Å². The van der Waals surface area contributed by atoms with Crippen LogP contribution in [0.5, 0.6) is 0 Å². The number of halogens is 1. The van der Waals surface area contributed by atoms with E-state index in [1.165, 1.54) is 0 Å². The normalized spacial score (nSPS) is 17.5. The molecule has 0 atom stereocenters. The molecule has 6 heteroatoms. The molecule has 16 heavy (non-hydrogen) atoms. The number of hydrogen-bond donors (Lipinski definition) is 0. The van der Waals surface area contributed by atoms with Gasteiger partial charge in [-0.25, -0.2) is 0 Å². The van der Waals surface area contributed by atoms with Gasteiger partial charge in [0.05, 0.1) is 0 Å². The van der Waals surface area contributed by atoms with Crippen LogP contribution in [-0.4, -0.2) is 40.4 Å². The molecular formula is C10H17ClN4Ru-2. The minimum atomic E-state index is 0. The van der Waals surface area contributed by atoms with E-state index in [9.17, 15) is 0 Å². The molecule has 0 aromatic rings. The Kier molecular flexibility index (Phi) is 7.60. The van der Waals surface area contributed by atoms with E-state index in [-0.39, 0.29) is 7.43 Å². The Labute approximate surface area is 113 Å². The third-order valence-electron chi connectivity index (χ3n) is 1.97. The Balaban J connectivity index is 0.000000711. The minimum absolute atomic E-state index is 0. The van der Waals surface area contributed by atoms with Gasteiger partial charge >= 0.3 is 27.0 Å². The van der Waals surface area contributed by atoms with Crippen molar-refractivity contribution in [1.82, 2.24) is 19.6 Å². The molecule has 0 fully saturated rings. The summed E-state index contributed by atoms with van der Waals surface area (Å²) < 4.78 is 0. The second-order valence-electron chi connectivity index (χ2n) is 3.33. The van der Waals surface area contributed by atoms with Crippen molar-refractivity contribution in [3.05, 3.63) is 45.6 Å². The summed E-state index contributed by atoms with van der Waals surface area (Å²) in [5, 5.41) is 0. The van der Waals surface area contributed by atoms with E-state index < -0.39 is 0 Å². The third-order valence-corrected chi connectivity index (χ3v) is 1.97. The molecule has 2 aliphatic heterocycles. The van der Waals surface area contributed by atoms with E-state index in [1.807, 2.05) is 53.6 Å². The van der Waals surface area contributed by atoms with E-state index in [0.717, 1.165) is 6.67 Å². The maximum atomic E-state index is 4.57. The van der Waals surface area contributed by atoms with Crippen molar-refractivity contribution in [2.45, 2.75) is 0 Å². The number of rotatable bonds is 2. The van der Waals surface area contributed by atoms with Crippen LogP contribution in [0.4, 0.5) is 0 Å². The molecule has 0 N–H and O–H groups in total. The molecule has 0 saturated heterocycles. The summed E-state index contributed by atoms with van der Waals surface area (Å²) in [5.74, 6) is 0. The first kappa shape index (κ1) is 15.6. The maximum absolute atomic E-state index is 4.57. The van der Waals surface area contributed by atoms with Crippen LogP contribution in [0.3, 0.4) is 0 Å². The molecule has 0 bridgehead atoms. The van der Waals surface area contributed by atoms with Crippen LogP contribution in [0.2, 0.25) is 0 Å².